The number of pyridine rings is 1. The molecule has 0 fully saturated rings. The largest absolute Gasteiger partial charge is 0.309 e. The fourth-order valence-electron chi connectivity index (χ4n) is 2.32. The highest BCUT2D eigenvalue weighted by Gasteiger charge is 2.20. The summed E-state index contributed by atoms with van der Waals surface area (Å²) in [4.78, 5) is 6.57. The monoisotopic (exact) mass is 299 g/mol. The van der Waals surface area contributed by atoms with Gasteiger partial charge in [0.15, 0.2) is 0 Å². The SMILES string of the molecule is CCNC(c1ccc(F)cn1)C(C)CN(C)CCSC. The van der Waals surface area contributed by atoms with Gasteiger partial charge in [-0.3, -0.25) is 4.98 Å². The lowest BCUT2D eigenvalue weighted by Gasteiger charge is -2.28. The van der Waals surface area contributed by atoms with Crippen molar-refractivity contribution in [3.8, 4) is 0 Å². The number of halogens is 1. The average Bonchev–Trinajstić information content (AvgIpc) is 2.43. The molecule has 0 spiro atoms. The van der Waals surface area contributed by atoms with E-state index < -0.39 is 0 Å². The molecule has 0 saturated carbocycles. The predicted octanol–water partition coefficient (Wildman–Crippen LogP) is 2.80. The molecule has 1 aromatic heterocycles. The maximum Gasteiger partial charge on any atom is 0.141 e. The number of hydrogen-bond acceptors (Lipinski definition) is 4. The molecule has 0 aliphatic heterocycles. The van der Waals surface area contributed by atoms with Gasteiger partial charge in [0.05, 0.1) is 17.9 Å². The van der Waals surface area contributed by atoms with Crippen LogP contribution in [0, 0.1) is 11.7 Å². The Kier molecular flexibility index (Phi) is 8.11. The summed E-state index contributed by atoms with van der Waals surface area (Å²) in [5, 5.41) is 3.46. The van der Waals surface area contributed by atoms with E-state index in [-0.39, 0.29) is 11.9 Å². The smallest absolute Gasteiger partial charge is 0.141 e. The van der Waals surface area contributed by atoms with Gasteiger partial charge in [-0.05, 0) is 37.9 Å². The molecule has 2 unspecified atom stereocenters. The van der Waals surface area contributed by atoms with Crippen LogP contribution in [0.4, 0.5) is 4.39 Å². The minimum Gasteiger partial charge on any atom is -0.309 e. The van der Waals surface area contributed by atoms with Gasteiger partial charge in [-0.2, -0.15) is 11.8 Å². The van der Waals surface area contributed by atoms with Gasteiger partial charge in [0, 0.05) is 18.8 Å². The Balaban J connectivity index is 2.66. The summed E-state index contributed by atoms with van der Waals surface area (Å²) in [5.41, 5.74) is 0.916. The van der Waals surface area contributed by atoms with Gasteiger partial charge in [-0.1, -0.05) is 13.8 Å². The van der Waals surface area contributed by atoms with Crippen molar-refractivity contribution in [2.75, 3.05) is 38.7 Å². The first-order valence-corrected chi connectivity index (χ1v) is 8.50. The van der Waals surface area contributed by atoms with Gasteiger partial charge >= 0.3 is 0 Å². The molecule has 1 heterocycles. The van der Waals surface area contributed by atoms with Gasteiger partial charge in [0.25, 0.3) is 0 Å². The third-order valence-corrected chi connectivity index (χ3v) is 3.93. The summed E-state index contributed by atoms with van der Waals surface area (Å²) >= 11 is 1.86. The molecule has 0 amide bonds. The van der Waals surface area contributed by atoms with Crippen LogP contribution in [0.15, 0.2) is 18.3 Å². The first-order valence-electron chi connectivity index (χ1n) is 7.10. The van der Waals surface area contributed by atoms with Crippen LogP contribution < -0.4 is 5.32 Å². The van der Waals surface area contributed by atoms with Crippen molar-refractivity contribution in [1.29, 1.82) is 0 Å². The fraction of sp³-hybridized carbons (Fsp3) is 0.667. The van der Waals surface area contributed by atoms with Crippen molar-refractivity contribution >= 4 is 11.8 Å². The van der Waals surface area contributed by atoms with Crippen LogP contribution in [-0.2, 0) is 0 Å². The number of nitrogens with one attached hydrogen (secondary N) is 1. The predicted molar refractivity (Wildman–Crippen MR) is 85.7 cm³/mol. The van der Waals surface area contributed by atoms with Crippen LogP contribution >= 0.6 is 11.8 Å². The molecule has 1 aromatic rings. The Bertz CT molecular complexity index is 372. The van der Waals surface area contributed by atoms with E-state index in [1.165, 1.54) is 12.3 Å². The number of thioether (sulfide) groups is 1. The first-order chi connectivity index (χ1) is 9.58. The molecule has 0 aromatic carbocycles. The van der Waals surface area contributed by atoms with E-state index in [1.807, 2.05) is 11.8 Å². The molecule has 5 heteroatoms. The minimum atomic E-state index is -0.284. The van der Waals surface area contributed by atoms with Gasteiger partial charge in [-0.15, -0.1) is 0 Å². The molecule has 0 aliphatic rings. The van der Waals surface area contributed by atoms with E-state index in [2.05, 4.69) is 42.4 Å². The van der Waals surface area contributed by atoms with E-state index in [0.29, 0.717) is 5.92 Å². The van der Waals surface area contributed by atoms with Gasteiger partial charge in [-0.25, -0.2) is 4.39 Å². The Hall–Kier alpha value is -0.650. The number of nitrogens with zero attached hydrogens (tertiary/aromatic N) is 2. The zero-order valence-corrected chi connectivity index (χ0v) is 13.7. The Morgan fingerprint density at radius 2 is 2.20 bits per heavy atom. The first kappa shape index (κ1) is 17.4. The Morgan fingerprint density at radius 3 is 2.75 bits per heavy atom. The molecule has 1 N–H and O–H groups in total. The molecule has 1 rings (SSSR count). The lowest BCUT2D eigenvalue weighted by atomic mass is 9.97. The highest BCUT2D eigenvalue weighted by atomic mass is 32.2. The molecule has 114 valence electrons. The van der Waals surface area contributed by atoms with Crippen LogP contribution in [0.2, 0.25) is 0 Å². The summed E-state index contributed by atoms with van der Waals surface area (Å²) in [7, 11) is 2.15. The van der Waals surface area contributed by atoms with E-state index in [1.54, 1.807) is 6.07 Å². The Labute approximate surface area is 126 Å². The minimum absolute atomic E-state index is 0.164. The third-order valence-electron chi connectivity index (χ3n) is 3.34. The molecule has 0 radical (unpaired) electrons. The van der Waals surface area contributed by atoms with E-state index >= 15 is 0 Å². The summed E-state index contributed by atoms with van der Waals surface area (Å²) < 4.78 is 13.0. The lowest BCUT2D eigenvalue weighted by molar-refractivity contribution is 0.256. The van der Waals surface area contributed by atoms with Crippen molar-refractivity contribution in [2.24, 2.45) is 5.92 Å². The number of rotatable bonds is 9. The van der Waals surface area contributed by atoms with Gasteiger partial charge < -0.3 is 10.2 Å². The second kappa shape index (κ2) is 9.32. The molecule has 20 heavy (non-hydrogen) atoms. The maximum absolute atomic E-state index is 13.0. The van der Waals surface area contributed by atoms with Crippen LogP contribution in [0.1, 0.15) is 25.6 Å². The van der Waals surface area contributed by atoms with Gasteiger partial charge in [0.2, 0.25) is 0 Å². The summed E-state index contributed by atoms with van der Waals surface area (Å²) in [5.74, 6) is 1.28. The summed E-state index contributed by atoms with van der Waals surface area (Å²) in [6.07, 6.45) is 3.42. The Morgan fingerprint density at radius 1 is 1.45 bits per heavy atom. The van der Waals surface area contributed by atoms with E-state index in [0.717, 1.165) is 31.1 Å². The zero-order valence-electron chi connectivity index (χ0n) is 12.9. The normalized spacial score (nSPS) is 14.5. The van der Waals surface area contributed by atoms with E-state index in [4.69, 9.17) is 0 Å². The highest BCUT2D eigenvalue weighted by Crippen LogP contribution is 2.21. The third kappa shape index (κ3) is 5.77. The number of hydrogen-bond donors (Lipinski definition) is 1. The zero-order chi connectivity index (χ0) is 15.0. The number of aromatic nitrogens is 1. The van der Waals surface area contributed by atoms with Crippen molar-refractivity contribution < 1.29 is 4.39 Å². The standard InChI is InChI=1S/C15H26FN3S/c1-5-17-15(14-7-6-13(16)10-18-14)12(2)11-19(3)8-9-20-4/h6-7,10,12,15,17H,5,8-9,11H2,1-4H3. The summed E-state index contributed by atoms with van der Waals surface area (Å²) in [6.45, 7) is 7.26. The second-order valence-corrected chi connectivity index (χ2v) is 6.15. The topological polar surface area (TPSA) is 28.2 Å². The van der Waals surface area contributed by atoms with Crippen molar-refractivity contribution in [2.45, 2.75) is 19.9 Å². The van der Waals surface area contributed by atoms with Gasteiger partial charge in [0.1, 0.15) is 5.82 Å². The molecule has 2 atom stereocenters. The highest BCUT2D eigenvalue weighted by molar-refractivity contribution is 7.98. The quantitative estimate of drug-likeness (QED) is 0.759. The van der Waals surface area contributed by atoms with E-state index in [9.17, 15) is 4.39 Å². The molecule has 0 saturated heterocycles. The maximum atomic E-state index is 13.0. The second-order valence-electron chi connectivity index (χ2n) is 5.17. The van der Waals surface area contributed by atoms with Crippen molar-refractivity contribution in [3.05, 3.63) is 29.8 Å². The van der Waals surface area contributed by atoms with Crippen LogP contribution in [0.3, 0.4) is 0 Å². The molecule has 0 bridgehead atoms. The lowest BCUT2D eigenvalue weighted by Crippen LogP contribution is -2.35. The van der Waals surface area contributed by atoms with Crippen molar-refractivity contribution in [1.82, 2.24) is 15.2 Å². The molecular weight excluding hydrogens is 273 g/mol. The molecule has 3 nitrogen and oxygen atoms in total. The molecule has 0 aliphatic carbocycles. The van der Waals surface area contributed by atoms with Crippen LogP contribution in [0.25, 0.3) is 0 Å². The average molecular weight is 299 g/mol. The molecular formula is C15H26FN3S. The summed E-state index contributed by atoms with van der Waals surface area (Å²) in [6, 6.07) is 3.43. The van der Waals surface area contributed by atoms with Crippen LogP contribution in [0.5, 0.6) is 0 Å². The van der Waals surface area contributed by atoms with Crippen molar-refractivity contribution in [3.63, 3.8) is 0 Å². The fourth-order valence-corrected chi connectivity index (χ4v) is 2.82. The van der Waals surface area contributed by atoms with Crippen LogP contribution in [-0.4, -0.2) is 48.6 Å².